The van der Waals surface area contributed by atoms with Crippen LogP contribution in [0.1, 0.15) is 37.1 Å². The van der Waals surface area contributed by atoms with Crippen molar-refractivity contribution in [1.82, 2.24) is 15.0 Å². The van der Waals surface area contributed by atoms with Gasteiger partial charge in [-0.05, 0) is 55.5 Å². The van der Waals surface area contributed by atoms with Gasteiger partial charge in [-0.1, -0.05) is 29.4 Å². The highest BCUT2D eigenvalue weighted by Crippen LogP contribution is 2.29. The molecule has 2 aromatic carbocycles. The highest BCUT2D eigenvalue weighted by atomic mass is 16.5. The summed E-state index contributed by atoms with van der Waals surface area (Å²) >= 11 is 0. The average Bonchev–Trinajstić information content (AvgIpc) is 3.22. The molecule has 0 amide bonds. The molecule has 4 rings (SSSR count). The molecule has 7 heteroatoms. The summed E-state index contributed by atoms with van der Waals surface area (Å²) < 4.78 is 11.0. The van der Waals surface area contributed by atoms with Gasteiger partial charge in [0.05, 0.1) is 25.3 Å². The van der Waals surface area contributed by atoms with Gasteiger partial charge in [-0.2, -0.15) is 4.98 Å². The van der Waals surface area contributed by atoms with Gasteiger partial charge in [0.25, 0.3) is 0 Å². The number of para-hydroxylation sites is 1. The molecule has 1 saturated carbocycles. The first-order valence-corrected chi connectivity index (χ1v) is 10.3. The Morgan fingerprint density at radius 1 is 1.07 bits per heavy atom. The molecular formula is C23H27N3O4. The molecule has 0 unspecified atom stereocenters. The molecule has 1 aromatic heterocycles. The lowest BCUT2D eigenvalue weighted by molar-refractivity contribution is 0.0613. The number of aromatic nitrogens is 2. The first-order chi connectivity index (χ1) is 14.6. The Morgan fingerprint density at radius 2 is 1.87 bits per heavy atom. The van der Waals surface area contributed by atoms with Crippen LogP contribution in [0.15, 0.2) is 53.1 Å². The number of phenols is 1. The van der Waals surface area contributed by atoms with E-state index in [1.807, 2.05) is 36.4 Å². The highest BCUT2D eigenvalue weighted by Gasteiger charge is 2.27. The van der Waals surface area contributed by atoms with Crippen LogP contribution in [0.2, 0.25) is 0 Å². The number of aliphatic hydroxyl groups excluding tert-OH is 1. The van der Waals surface area contributed by atoms with E-state index < -0.39 is 0 Å². The number of hydrogen-bond acceptors (Lipinski definition) is 7. The molecule has 0 radical (unpaired) electrons. The van der Waals surface area contributed by atoms with Crippen molar-refractivity contribution in [3.63, 3.8) is 0 Å². The summed E-state index contributed by atoms with van der Waals surface area (Å²) in [5, 5.41) is 23.9. The summed E-state index contributed by atoms with van der Waals surface area (Å²) in [5.41, 5.74) is 1.81. The Hall–Kier alpha value is -2.90. The van der Waals surface area contributed by atoms with Gasteiger partial charge in [-0.3, -0.25) is 4.90 Å². The maximum absolute atomic E-state index is 9.90. The molecule has 30 heavy (non-hydrogen) atoms. The zero-order valence-corrected chi connectivity index (χ0v) is 17.1. The van der Waals surface area contributed by atoms with Gasteiger partial charge in [-0.25, -0.2) is 0 Å². The fourth-order valence-corrected chi connectivity index (χ4v) is 4.06. The van der Waals surface area contributed by atoms with E-state index in [9.17, 15) is 10.2 Å². The van der Waals surface area contributed by atoms with Crippen LogP contribution >= 0.6 is 0 Å². The number of rotatable bonds is 7. The van der Waals surface area contributed by atoms with Gasteiger partial charge in [0.1, 0.15) is 11.5 Å². The van der Waals surface area contributed by atoms with Crippen LogP contribution in [0.5, 0.6) is 11.5 Å². The number of methoxy groups -OCH3 is 1. The van der Waals surface area contributed by atoms with Crippen LogP contribution in [-0.4, -0.2) is 44.5 Å². The maximum Gasteiger partial charge on any atom is 0.241 e. The summed E-state index contributed by atoms with van der Waals surface area (Å²) in [5.74, 6) is 1.98. The minimum atomic E-state index is -0.218. The van der Waals surface area contributed by atoms with Gasteiger partial charge in [0.15, 0.2) is 0 Å². The van der Waals surface area contributed by atoms with Crippen LogP contribution in [0, 0.1) is 0 Å². The quantitative estimate of drug-likeness (QED) is 0.614. The fourth-order valence-electron chi connectivity index (χ4n) is 4.06. The van der Waals surface area contributed by atoms with Crippen LogP contribution in [-0.2, 0) is 13.1 Å². The fraction of sp³-hybridized carbons (Fsp3) is 0.391. The Labute approximate surface area is 175 Å². The molecule has 1 aliphatic rings. The lowest BCUT2D eigenvalue weighted by Crippen LogP contribution is -2.38. The molecule has 1 aliphatic carbocycles. The van der Waals surface area contributed by atoms with Gasteiger partial charge < -0.3 is 19.5 Å². The van der Waals surface area contributed by atoms with Crippen molar-refractivity contribution in [3.8, 4) is 22.9 Å². The molecule has 0 bridgehead atoms. The van der Waals surface area contributed by atoms with Gasteiger partial charge in [-0.15, -0.1) is 0 Å². The van der Waals surface area contributed by atoms with Crippen LogP contribution in [0.3, 0.4) is 0 Å². The third kappa shape index (κ3) is 4.80. The second-order valence-corrected chi connectivity index (χ2v) is 7.75. The molecule has 2 N–H and O–H groups in total. The van der Waals surface area contributed by atoms with Gasteiger partial charge in [0, 0.05) is 12.6 Å². The van der Waals surface area contributed by atoms with Gasteiger partial charge in [0.2, 0.25) is 11.7 Å². The summed E-state index contributed by atoms with van der Waals surface area (Å²) in [6.45, 7) is 1.15. The standard InChI is InChI=1S/C23H27N3O4/c1-29-21-8-3-2-7-20(21)23-24-22(30-25-23)15-26(17-9-11-18(27)12-10-17)14-16-5-4-6-19(28)13-16/h2-8,13,17-18,27-28H,9-12,14-15H2,1H3. The zero-order chi connectivity index (χ0) is 20.9. The summed E-state index contributed by atoms with van der Waals surface area (Å²) in [6, 6.07) is 15.2. The lowest BCUT2D eigenvalue weighted by atomic mass is 9.91. The summed E-state index contributed by atoms with van der Waals surface area (Å²) in [6.07, 6.45) is 3.18. The topological polar surface area (TPSA) is 91.9 Å². The number of benzene rings is 2. The number of ether oxygens (including phenoxy) is 1. The predicted octanol–water partition coefficient (Wildman–Crippen LogP) is 3.76. The smallest absolute Gasteiger partial charge is 0.241 e. The van der Waals surface area contributed by atoms with Crippen molar-refractivity contribution in [3.05, 3.63) is 60.0 Å². The molecule has 0 atom stereocenters. The largest absolute Gasteiger partial charge is 0.508 e. The van der Waals surface area contributed by atoms with Crippen molar-refractivity contribution in [2.24, 2.45) is 0 Å². The van der Waals surface area contributed by atoms with Crippen molar-refractivity contribution < 1.29 is 19.5 Å². The van der Waals surface area contributed by atoms with Crippen LogP contribution < -0.4 is 4.74 Å². The number of phenolic OH excluding ortho intramolecular Hbond substituents is 1. The first kappa shape index (κ1) is 20.4. The first-order valence-electron chi connectivity index (χ1n) is 10.3. The summed E-state index contributed by atoms with van der Waals surface area (Å²) in [7, 11) is 1.62. The molecule has 0 aliphatic heterocycles. The minimum Gasteiger partial charge on any atom is -0.508 e. The van der Waals surface area contributed by atoms with Crippen molar-refractivity contribution in [1.29, 1.82) is 0 Å². The normalized spacial score (nSPS) is 19.2. The van der Waals surface area contributed by atoms with E-state index in [2.05, 4.69) is 15.0 Å². The molecule has 0 saturated heterocycles. The number of aromatic hydroxyl groups is 1. The van der Waals surface area contributed by atoms with E-state index >= 15 is 0 Å². The Balaban J connectivity index is 1.55. The SMILES string of the molecule is COc1ccccc1-c1noc(CN(Cc2cccc(O)c2)C2CCC(O)CC2)n1. The van der Waals surface area contributed by atoms with Gasteiger partial charge >= 0.3 is 0 Å². The van der Waals surface area contributed by atoms with Crippen LogP contribution in [0.25, 0.3) is 11.4 Å². The third-order valence-corrected chi connectivity index (χ3v) is 5.63. The lowest BCUT2D eigenvalue weighted by Gasteiger charge is -2.35. The van der Waals surface area contributed by atoms with Crippen LogP contribution in [0.4, 0.5) is 0 Å². The molecular weight excluding hydrogens is 382 g/mol. The summed E-state index contributed by atoms with van der Waals surface area (Å²) in [4.78, 5) is 6.89. The zero-order valence-electron chi connectivity index (χ0n) is 17.1. The third-order valence-electron chi connectivity index (χ3n) is 5.63. The second kappa shape index (κ2) is 9.28. The Morgan fingerprint density at radius 3 is 2.63 bits per heavy atom. The van der Waals surface area contributed by atoms with E-state index in [-0.39, 0.29) is 11.9 Å². The average molecular weight is 409 g/mol. The van der Waals surface area contributed by atoms with E-state index in [0.717, 1.165) is 36.8 Å². The van der Waals surface area contributed by atoms with E-state index in [1.165, 1.54) is 0 Å². The predicted molar refractivity (Wildman–Crippen MR) is 112 cm³/mol. The molecule has 3 aromatic rings. The van der Waals surface area contributed by atoms with E-state index in [0.29, 0.717) is 36.6 Å². The number of aliphatic hydroxyl groups is 1. The molecule has 1 fully saturated rings. The molecule has 7 nitrogen and oxygen atoms in total. The minimum absolute atomic E-state index is 0.218. The van der Waals surface area contributed by atoms with Crippen molar-refractivity contribution in [2.75, 3.05) is 7.11 Å². The molecule has 1 heterocycles. The number of hydrogen-bond donors (Lipinski definition) is 2. The molecule has 158 valence electrons. The maximum atomic E-state index is 9.90. The van der Waals surface area contributed by atoms with E-state index in [1.54, 1.807) is 19.2 Å². The Bertz CT molecular complexity index is 966. The second-order valence-electron chi connectivity index (χ2n) is 7.75. The monoisotopic (exact) mass is 409 g/mol. The van der Waals surface area contributed by atoms with Crippen molar-refractivity contribution in [2.45, 2.75) is 50.9 Å². The highest BCUT2D eigenvalue weighted by molar-refractivity contribution is 5.63. The van der Waals surface area contributed by atoms with Crippen molar-refractivity contribution >= 4 is 0 Å². The molecule has 0 spiro atoms. The Kier molecular flexibility index (Phi) is 6.30. The van der Waals surface area contributed by atoms with E-state index in [4.69, 9.17) is 9.26 Å². The number of nitrogens with zero attached hydrogens (tertiary/aromatic N) is 3.